The number of amides is 1. The number of sulfone groups is 1. The molecule has 0 atom stereocenters. The number of aromatic amines is 2. The molecule has 15 heteroatoms. The van der Waals surface area contributed by atoms with Gasteiger partial charge in [0, 0.05) is 57.1 Å². The van der Waals surface area contributed by atoms with E-state index in [1.165, 1.54) is 34.1 Å². The second-order valence-electron chi connectivity index (χ2n) is 20.2. The van der Waals surface area contributed by atoms with Crippen LogP contribution in [0.15, 0.2) is 227 Å². The number of ether oxygens (including phenoxy) is 1. The Kier molecular flexibility index (Phi) is 16.9. The van der Waals surface area contributed by atoms with E-state index in [-0.39, 0.29) is 5.91 Å². The number of nitrogens with zero attached hydrogens (tertiary/aromatic N) is 2. The summed E-state index contributed by atoms with van der Waals surface area (Å²) in [4.78, 5) is 26.6. The highest BCUT2D eigenvalue weighted by Gasteiger charge is 2.16. The molecule has 0 saturated heterocycles. The summed E-state index contributed by atoms with van der Waals surface area (Å²) in [5, 5.41) is 2.04. The SMILES string of the molecule is CCCCOc1cccc(-c2ccc3c(c2)C(N)=NC3)c1.CS(=O)(=O)c1ccc(-c2ccc3[nH]cc(N)c3c2)cc1.NNC(=O)c1cccc(-c2ccc3c(c2)C(N)=NC3)c1.Nc1c[nH]c2ccc(-c3ccc(-c4ccccc4)cc3)cc12. The fourth-order valence-electron chi connectivity index (χ4n) is 9.82. The normalized spacial score (nSPS) is 12.1. The first kappa shape index (κ1) is 56.1. The maximum Gasteiger partial charge on any atom is 0.265 e. The van der Waals surface area contributed by atoms with Gasteiger partial charge in [-0.05, 0) is 146 Å². The number of nitrogens with one attached hydrogen (secondary N) is 3. The summed E-state index contributed by atoms with van der Waals surface area (Å²) in [6.45, 7) is 4.26. The van der Waals surface area contributed by atoms with Crippen LogP contribution in [-0.2, 0) is 22.9 Å². The second kappa shape index (κ2) is 25.1. The van der Waals surface area contributed by atoms with E-state index in [1.807, 2.05) is 72.9 Å². The van der Waals surface area contributed by atoms with E-state index >= 15 is 0 Å². The molecule has 0 radical (unpaired) electrons. The number of aliphatic imine (C=N–C) groups is 2. The van der Waals surface area contributed by atoms with Crippen molar-refractivity contribution in [2.24, 2.45) is 27.3 Å². The zero-order valence-electron chi connectivity index (χ0n) is 46.1. The van der Waals surface area contributed by atoms with Crippen LogP contribution in [0.2, 0.25) is 0 Å². The Morgan fingerprint density at radius 3 is 1.47 bits per heavy atom. The van der Waals surface area contributed by atoms with Crippen molar-refractivity contribution in [2.45, 2.75) is 37.8 Å². The molecule has 0 fully saturated rings. The van der Waals surface area contributed by atoms with Crippen molar-refractivity contribution >= 4 is 60.6 Å². The Labute approximate surface area is 482 Å². The number of H-pyrrole nitrogens is 2. The minimum atomic E-state index is -3.16. The van der Waals surface area contributed by atoms with E-state index in [4.69, 9.17) is 33.5 Å². The van der Waals surface area contributed by atoms with Crippen molar-refractivity contribution in [1.29, 1.82) is 0 Å². The first-order valence-corrected chi connectivity index (χ1v) is 29.0. The topological polar surface area (TPSA) is 259 Å². The Morgan fingerprint density at radius 2 is 0.952 bits per heavy atom. The second-order valence-corrected chi connectivity index (χ2v) is 22.2. The molecule has 0 saturated carbocycles. The molecule has 4 heterocycles. The highest BCUT2D eigenvalue weighted by Crippen LogP contribution is 2.33. The highest BCUT2D eigenvalue weighted by molar-refractivity contribution is 7.90. The van der Waals surface area contributed by atoms with Gasteiger partial charge in [-0.2, -0.15) is 0 Å². The Hall–Kier alpha value is -10.2. The van der Waals surface area contributed by atoms with Gasteiger partial charge in [-0.15, -0.1) is 0 Å². The number of anilines is 2. The number of aromatic nitrogens is 2. The smallest absolute Gasteiger partial charge is 0.265 e. The van der Waals surface area contributed by atoms with Gasteiger partial charge in [-0.1, -0.05) is 141 Å². The molecule has 14 nitrogen and oxygen atoms in total. The lowest BCUT2D eigenvalue weighted by atomic mass is 9.98. The minimum Gasteiger partial charge on any atom is -0.494 e. The van der Waals surface area contributed by atoms with Crippen molar-refractivity contribution < 1.29 is 17.9 Å². The van der Waals surface area contributed by atoms with E-state index in [0.717, 1.165) is 103 Å². The molecule has 0 aliphatic carbocycles. The summed E-state index contributed by atoms with van der Waals surface area (Å²) >= 11 is 0. The predicted molar refractivity (Wildman–Crippen MR) is 340 cm³/mol. The lowest BCUT2D eigenvalue weighted by Gasteiger charge is -2.09. The van der Waals surface area contributed by atoms with Crippen LogP contribution in [0.4, 0.5) is 11.4 Å². The van der Waals surface area contributed by atoms with Gasteiger partial charge in [0.05, 0.1) is 36.0 Å². The standard InChI is InChI=1S/C20H16N2.C18H20N2O.C15H14N4O.C15H14N2O2S/c21-19-13-22-20-11-10-17(12-18(19)20)16-8-6-15(7-9-16)14-4-2-1-3-5-14;1-2-3-9-21-16-6-4-5-13(10-16)14-7-8-15-12-20-18(19)17(15)11-14;16-14-13-7-10(4-5-12(13)8-18-14)9-2-1-3-11(6-9)15(20)19-17;1-20(18,19)12-5-2-10(3-6-12)11-4-7-15-13(8-11)14(16)9-17-15/h1-13,22H,21H2;4-8,10-11H,2-3,9,12H2,1H3,(H2,19,20);1-7H,8,17H2,(H2,16,18)(H,19,20);2-9,17H,16H2,1H3. The molecule has 2 aliphatic rings. The monoisotopic (exact) mass is 1120 g/mol. The molecule has 416 valence electrons. The van der Waals surface area contributed by atoms with Crippen LogP contribution in [-0.4, -0.2) is 48.8 Å². The first-order chi connectivity index (χ1) is 40.2. The molecule has 2 aromatic heterocycles. The Bertz CT molecular complexity index is 4300. The molecule has 0 bridgehead atoms. The summed E-state index contributed by atoms with van der Waals surface area (Å²) in [7, 11) is -3.16. The third-order valence-corrected chi connectivity index (χ3v) is 15.6. The number of hydrazine groups is 1. The lowest BCUT2D eigenvalue weighted by molar-refractivity contribution is 0.0953. The summed E-state index contributed by atoms with van der Waals surface area (Å²) in [6.07, 6.45) is 7.03. The van der Waals surface area contributed by atoms with Gasteiger partial charge in [-0.3, -0.25) is 20.2 Å². The van der Waals surface area contributed by atoms with Crippen LogP contribution < -0.4 is 38.9 Å². The maximum absolute atomic E-state index is 11.6. The van der Waals surface area contributed by atoms with Gasteiger partial charge in [0.15, 0.2) is 9.84 Å². The molecule has 9 aromatic carbocycles. The number of unbranched alkanes of at least 4 members (excludes halogenated alkanes) is 1. The van der Waals surface area contributed by atoms with Gasteiger partial charge in [0.1, 0.15) is 17.4 Å². The number of carbonyl (C=O) groups is 1. The van der Waals surface area contributed by atoms with Gasteiger partial charge in [-0.25, -0.2) is 14.3 Å². The van der Waals surface area contributed by atoms with Gasteiger partial charge in [0.25, 0.3) is 5.91 Å². The van der Waals surface area contributed by atoms with Gasteiger partial charge in [0.2, 0.25) is 0 Å². The molecule has 0 unspecified atom stereocenters. The molecule has 2 aliphatic heterocycles. The molecule has 83 heavy (non-hydrogen) atoms. The molecule has 13 rings (SSSR count). The fourth-order valence-corrected chi connectivity index (χ4v) is 10.5. The molecule has 13 N–H and O–H groups in total. The van der Waals surface area contributed by atoms with Crippen LogP contribution in [0, 0.1) is 0 Å². The van der Waals surface area contributed by atoms with Crippen molar-refractivity contribution in [3.8, 4) is 61.4 Å². The van der Waals surface area contributed by atoms with E-state index in [1.54, 1.807) is 42.6 Å². The summed E-state index contributed by atoms with van der Waals surface area (Å²) < 4.78 is 28.7. The van der Waals surface area contributed by atoms with Crippen molar-refractivity contribution in [1.82, 2.24) is 15.4 Å². The highest BCUT2D eigenvalue weighted by atomic mass is 32.2. The minimum absolute atomic E-state index is 0.311. The fraction of sp³-hybridized carbons (Fsp3) is 0.103. The zero-order chi connectivity index (χ0) is 58.0. The third kappa shape index (κ3) is 13.2. The number of benzene rings is 9. The quantitative estimate of drug-likeness (QED) is 0.0265. The number of hydrogen-bond donors (Lipinski definition) is 8. The van der Waals surface area contributed by atoms with E-state index < -0.39 is 9.84 Å². The van der Waals surface area contributed by atoms with Crippen molar-refractivity contribution in [3.05, 3.63) is 240 Å². The van der Waals surface area contributed by atoms with E-state index in [2.05, 4.69) is 129 Å². The maximum atomic E-state index is 11.6. The van der Waals surface area contributed by atoms with Crippen LogP contribution in [0.5, 0.6) is 5.75 Å². The van der Waals surface area contributed by atoms with Gasteiger partial charge >= 0.3 is 0 Å². The zero-order valence-corrected chi connectivity index (χ0v) is 46.9. The molecule has 1 amide bonds. The van der Waals surface area contributed by atoms with Crippen LogP contribution in [0.25, 0.3) is 77.4 Å². The molecular formula is C68H64N10O4S. The summed E-state index contributed by atoms with van der Waals surface area (Å²) in [5.74, 6) is 6.97. The Morgan fingerprint density at radius 1 is 0.518 bits per heavy atom. The number of fused-ring (bicyclic) bond motifs is 4. The number of nitrogens with two attached hydrogens (primary N) is 5. The number of hydrogen-bond acceptors (Lipinski definition) is 11. The van der Waals surface area contributed by atoms with E-state index in [0.29, 0.717) is 40.9 Å². The average molecular weight is 1120 g/mol. The lowest BCUT2D eigenvalue weighted by Crippen LogP contribution is -2.29. The Balaban J connectivity index is 0.000000124. The average Bonchev–Trinajstić information content (AvgIpc) is 4.32. The van der Waals surface area contributed by atoms with Crippen LogP contribution in [0.3, 0.4) is 0 Å². The summed E-state index contributed by atoms with van der Waals surface area (Å²) in [6, 6.07) is 66.0. The van der Waals surface area contributed by atoms with Gasteiger partial charge < -0.3 is 37.6 Å². The first-order valence-electron chi connectivity index (χ1n) is 27.1. The molecule has 0 spiro atoms. The third-order valence-electron chi connectivity index (χ3n) is 14.5. The van der Waals surface area contributed by atoms with Crippen molar-refractivity contribution in [3.63, 3.8) is 0 Å². The number of carbonyl (C=O) groups excluding carboxylic acids is 1. The molecular weight excluding hydrogens is 1050 g/mol. The van der Waals surface area contributed by atoms with Crippen LogP contribution >= 0.6 is 0 Å². The number of rotatable bonds is 11. The van der Waals surface area contributed by atoms with Crippen molar-refractivity contribution in [2.75, 3.05) is 24.3 Å². The number of nitrogen functional groups attached to an aromatic ring is 3. The number of amidine groups is 2. The molecule has 11 aromatic rings. The largest absolute Gasteiger partial charge is 0.494 e. The van der Waals surface area contributed by atoms with Crippen LogP contribution in [0.1, 0.15) is 52.4 Å². The predicted octanol–water partition coefficient (Wildman–Crippen LogP) is 12.8. The summed E-state index contributed by atoms with van der Waals surface area (Å²) in [5.41, 5.74) is 45.3. The van der Waals surface area contributed by atoms with E-state index in [9.17, 15) is 13.2 Å².